The molecule has 10 nitrogen and oxygen atoms in total. The minimum absolute atomic E-state index is 0.0836. The first-order valence-electron chi connectivity index (χ1n) is 8.47. The molecule has 0 radical (unpaired) electrons. The summed E-state index contributed by atoms with van der Waals surface area (Å²) in [5.41, 5.74) is -1.62. The fourth-order valence-electron chi connectivity index (χ4n) is 3.10. The van der Waals surface area contributed by atoms with E-state index in [1.54, 1.807) is 6.07 Å². The maximum Gasteiger partial charge on any atom is 0.407 e. The quantitative estimate of drug-likeness (QED) is 0.408. The topological polar surface area (TPSA) is 134 Å². The summed E-state index contributed by atoms with van der Waals surface area (Å²) in [5.74, 6) is -2.23. The fourth-order valence-corrected chi connectivity index (χ4v) is 5.23. The molecular formula is C17H19N3O7S2. The third-order valence-corrected chi connectivity index (χ3v) is 6.71. The Kier molecular flexibility index (Phi) is 6.15. The van der Waals surface area contributed by atoms with E-state index in [2.05, 4.69) is 10.6 Å². The second kappa shape index (κ2) is 8.43. The average Bonchev–Trinajstić information content (AvgIpc) is 3.21. The van der Waals surface area contributed by atoms with Gasteiger partial charge in [-0.25, -0.2) is 9.59 Å². The number of carboxylic acid groups (broad SMARTS) is 1. The molecular weight excluding hydrogens is 422 g/mol. The molecule has 1 unspecified atom stereocenters. The maximum absolute atomic E-state index is 12.9. The van der Waals surface area contributed by atoms with Gasteiger partial charge in [0.15, 0.2) is 0 Å². The Labute approximate surface area is 174 Å². The van der Waals surface area contributed by atoms with E-state index in [0.717, 1.165) is 9.78 Å². The molecule has 2 aliphatic heterocycles. The van der Waals surface area contributed by atoms with Crippen molar-refractivity contribution in [3.05, 3.63) is 33.7 Å². The predicted molar refractivity (Wildman–Crippen MR) is 104 cm³/mol. The molecule has 2 aliphatic rings. The van der Waals surface area contributed by atoms with E-state index in [1.807, 2.05) is 11.4 Å². The first-order chi connectivity index (χ1) is 13.8. The largest absolute Gasteiger partial charge is 0.477 e. The van der Waals surface area contributed by atoms with Crippen LogP contribution in [0.1, 0.15) is 4.88 Å². The third-order valence-electron chi connectivity index (χ3n) is 4.46. The lowest BCUT2D eigenvalue weighted by atomic mass is 9.98. The van der Waals surface area contributed by atoms with Crippen molar-refractivity contribution in [3.8, 4) is 0 Å². The number of aliphatic carboxylic acids is 1. The number of nitrogens with one attached hydrogen (secondary N) is 2. The van der Waals surface area contributed by atoms with Crippen LogP contribution in [0.25, 0.3) is 0 Å². The van der Waals surface area contributed by atoms with Gasteiger partial charge in [-0.2, -0.15) is 0 Å². The minimum Gasteiger partial charge on any atom is -0.477 e. The van der Waals surface area contributed by atoms with E-state index < -0.39 is 35.0 Å². The molecule has 0 aromatic carbocycles. The number of carbonyl (C=O) groups excluding carboxylic acids is 3. The number of ether oxygens (including phenoxy) is 2. The van der Waals surface area contributed by atoms with Crippen molar-refractivity contribution in [2.75, 3.05) is 26.5 Å². The summed E-state index contributed by atoms with van der Waals surface area (Å²) >= 11 is 2.64. The molecule has 0 saturated carbocycles. The molecule has 1 saturated heterocycles. The molecule has 3 N–H and O–H groups in total. The van der Waals surface area contributed by atoms with Gasteiger partial charge in [0, 0.05) is 30.4 Å². The summed E-state index contributed by atoms with van der Waals surface area (Å²) in [7, 11) is 2.67. The molecule has 1 fully saturated rings. The van der Waals surface area contributed by atoms with Crippen molar-refractivity contribution in [3.63, 3.8) is 0 Å². The zero-order valence-electron chi connectivity index (χ0n) is 15.6. The highest BCUT2D eigenvalue weighted by Crippen LogP contribution is 2.46. The minimum atomic E-state index is -1.65. The molecule has 29 heavy (non-hydrogen) atoms. The van der Waals surface area contributed by atoms with Crippen LogP contribution in [-0.2, 0) is 30.3 Å². The highest BCUT2D eigenvalue weighted by atomic mass is 32.2. The van der Waals surface area contributed by atoms with Crippen LogP contribution in [0.15, 0.2) is 28.8 Å². The van der Waals surface area contributed by atoms with Crippen molar-refractivity contribution in [1.82, 2.24) is 15.5 Å². The van der Waals surface area contributed by atoms with Crippen LogP contribution in [0.2, 0.25) is 0 Å². The second-order valence-corrected chi connectivity index (χ2v) is 8.27. The van der Waals surface area contributed by atoms with Gasteiger partial charge >= 0.3 is 12.1 Å². The molecule has 3 amide bonds. The summed E-state index contributed by atoms with van der Waals surface area (Å²) in [4.78, 5) is 50.3. The summed E-state index contributed by atoms with van der Waals surface area (Å²) in [6.45, 7) is -0.268. The van der Waals surface area contributed by atoms with Crippen molar-refractivity contribution < 1.29 is 33.8 Å². The molecule has 156 valence electrons. The van der Waals surface area contributed by atoms with Gasteiger partial charge in [-0.05, 0) is 11.4 Å². The van der Waals surface area contributed by atoms with E-state index in [4.69, 9.17) is 9.47 Å². The van der Waals surface area contributed by atoms with E-state index in [0.29, 0.717) is 0 Å². The average molecular weight is 441 g/mol. The number of fused-ring (bicyclic) bond motifs is 1. The van der Waals surface area contributed by atoms with Gasteiger partial charge in [0.1, 0.15) is 17.7 Å². The normalized spacial score (nSPS) is 23.2. The first-order valence-corrected chi connectivity index (χ1v) is 10.4. The number of carbonyl (C=O) groups is 4. The number of methoxy groups -OCH3 is 1. The summed E-state index contributed by atoms with van der Waals surface area (Å²) in [6, 6.07) is 3.62. The predicted octanol–water partition coefficient (Wildman–Crippen LogP) is 0.359. The second-order valence-electron chi connectivity index (χ2n) is 6.17. The van der Waals surface area contributed by atoms with Gasteiger partial charge in [0.25, 0.3) is 11.6 Å². The van der Waals surface area contributed by atoms with E-state index >= 15 is 0 Å². The lowest BCUT2D eigenvalue weighted by Crippen LogP contribution is -2.80. The van der Waals surface area contributed by atoms with Crippen LogP contribution in [0.4, 0.5) is 4.79 Å². The Morgan fingerprint density at radius 3 is 2.76 bits per heavy atom. The Balaban J connectivity index is 1.79. The maximum atomic E-state index is 12.9. The molecule has 0 bridgehead atoms. The lowest BCUT2D eigenvalue weighted by Gasteiger charge is -2.55. The number of hydrogen-bond donors (Lipinski definition) is 3. The van der Waals surface area contributed by atoms with Gasteiger partial charge in [-0.15, -0.1) is 23.1 Å². The van der Waals surface area contributed by atoms with Crippen molar-refractivity contribution in [2.24, 2.45) is 0 Å². The number of thioether (sulfide) groups is 1. The van der Waals surface area contributed by atoms with Crippen LogP contribution in [0.5, 0.6) is 0 Å². The van der Waals surface area contributed by atoms with Crippen LogP contribution in [-0.4, -0.2) is 71.5 Å². The number of nitrogens with zero attached hydrogens (tertiary/aromatic N) is 1. The molecule has 12 heteroatoms. The zero-order chi connectivity index (χ0) is 21.2. The Bertz CT molecular complexity index is 870. The summed E-state index contributed by atoms with van der Waals surface area (Å²) < 4.78 is 10.3. The molecule has 3 rings (SSSR count). The Hall–Kier alpha value is -2.57. The molecule has 3 heterocycles. The van der Waals surface area contributed by atoms with Gasteiger partial charge in [0.2, 0.25) is 5.91 Å². The standard InChI is InChI=1S/C17H19N3O7S2/c1-18-16(25)27-7-9-8-29-15-17(26-2,14(24)20(15)12(9)13(22)23)19-11(21)6-10-4-3-5-28-10/h3-5,15H,6-8H2,1-2H3,(H,18,25)(H,19,21)(H,22,23)/t15-,17?/m1/s1. The number of amides is 3. The van der Waals surface area contributed by atoms with Crippen molar-refractivity contribution in [1.29, 1.82) is 0 Å². The lowest BCUT2D eigenvalue weighted by molar-refractivity contribution is -0.192. The monoisotopic (exact) mass is 441 g/mol. The number of alkyl carbamates (subject to hydrolysis) is 1. The van der Waals surface area contributed by atoms with Gasteiger partial charge in [0.05, 0.1) is 6.42 Å². The van der Waals surface area contributed by atoms with E-state index in [-0.39, 0.29) is 30.1 Å². The highest BCUT2D eigenvalue weighted by molar-refractivity contribution is 8.00. The molecule has 2 atom stereocenters. The van der Waals surface area contributed by atoms with Gasteiger partial charge in [-0.1, -0.05) is 6.07 Å². The molecule has 1 aromatic heterocycles. The Morgan fingerprint density at radius 1 is 1.41 bits per heavy atom. The summed E-state index contributed by atoms with van der Waals surface area (Å²) in [6.07, 6.45) is -0.628. The smallest absolute Gasteiger partial charge is 0.407 e. The number of carboxylic acids is 1. The zero-order valence-corrected chi connectivity index (χ0v) is 17.2. The van der Waals surface area contributed by atoms with Crippen molar-refractivity contribution >= 4 is 47.0 Å². The van der Waals surface area contributed by atoms with Crippen LogP contribution >= 0.6 is 23.1 Å². The Morgan fingerprint density at radius 2 is 2.17 bits per heavy atom. The van der Waals surface area contributed by atoms with Gasteiger partial charge in [-0.3, -0.25) is 14.5 Å². The van der Waals surface area contributed by atoms with Crippen molar-refractivity contribution in [2.45, 2.75) is 17.5 Å². The van der Waals surface area contributed by atoms with Crippen LogP contribution < -0.4 is 10.6 Å². The van der Waals surface area contributed by atoms with E-state index in [9.17, 15) is 24.3 Å². The number of hydrogen-bond acceptors (Lipinski definition) is 8. The van der Waals surface area contributed by atoms with E-state index in [1.165, 1.54) is 37.3 Å². The molecule has 0 aliphatic carbocycles. The molecule has 0 spiro atoms. The van der Waals surface area contributed by atoms with Gasteiger partial charge < -0.3 is 25.2 Å². The highest BCUT2D eigenvalue weighted by Gasteiger charge is 2.66. The number of thiophene rings is 1. The van der Waals surface area contributed by atoms with Crippen LogP contribution in [0.3, 0.4) is 0 Å². The number of β-lactam (4-membered cyclic amide) rings is 1. The summed E-state index contributed by atoms with van der Waals surface area (Å²) in [5, 5.41) is 15.6. The third kappa shape index (κ3) is 3.82. The number of rotatable bonds is 7. The fraction of sp³-hybridized carbons (Fsp3) is 0.412. The SMILES string of the molecule is CNC(=O)OCC1=C(C(=O)O)N2C(=O)C(NC(=O)Cc3cccs3)(OC)[C@H]2SC1. The van der Waals surface area contributed by atoms with Crippen LogP contribution in [0, 0.1) is 0 Å². The molecule has 1 aromatic rings. The first kappa shape index (κ1) is 21.1.